The van der Waals surface area contributed by atoms with Gasteiger partial charge in [-0.15, -0.1) is 0 Å². The van der Waals surface area contributed by atoms with Gasteiger partial charge in [-0.2, -0.15) is 0 Å². The van der Waals surface area contributed by atoms with Crippen molar-refractivity contribution < 1.29 is 9.32 Å². The second-order valence-corrected chi connectivity index (χ2v) is 5.86. The van der Waals surface area contributed by atoms with Gasteiger partial charge < -0.3 is 15.2 Å². The van der Waals surface area contributed by atoms with Crippen molar-refractivity contribution >= 4 is 17.5 Å². The van der Waals surface area contributed by atoms with Gasteiger partial charge in [-0.1, -0.05) is 11.2 Å². The number of anilines is 2. The standard InChI is InChI=1S/C16H21N5O2/c1-12-8-15(20-23-12)19-16(22)11-21-7-5-13(10-21)9-18-14-4-2-3-6-17-14/h2-4,6,8,13H,5,7,9-11H2,1H3,(H,17,18)(H,19,20,22)/t13-/m0/s1. The molecule has 0 unspecified atom stereocenters. The number of aromatic nitrogens is 2. The first kappa shape index (κ1) is 15.5. The third-order valence-corrected chi connectivity index (χ3v) is 3.87. The van der Waals surface area contributed by atoms with Crippen molar-refractivity contribution in [3.8, 4) is 0 Å². The van der Waals surface area contributed by atoms with E-state index in [4.69, 9.17) is 4.52 Å². The second kappa shape index (κ2) is 7.23. The van der Waals surface area contributed by atoms with Crippen molar-refractivity contribution in [3.63, 3.8) is 0 Å². The number of pyridine rings is 1. The van der Waals surface area contributed by atoms with Crippen LogP contribution < -0.4 is 10.6 Å². The summed E-state index contributed by atoms with van der Waals surface area (Å²) < 4.78 is 4.93. The number of amides is 1. The fourth-order valence-corrected chi connectivity index (χ4v) is 2.75. The highest BCUT2D eigenvalue weighted by Gasteiger charge is 2.24. The van der Waals surface area contributed by atoms with E-state index in [0.717, 1.165) is 31.9 Å². The van der Waals surface area contributed by atoms with E-state index in [1.165, 1.54) is 0 Å². The summed E-state index contributed by atoms with van der Waals surface area (Å²) >= 11 is 0. The molecule has 1 atom stereocenters. The van der Waals surface area contributed by atoms with Crippen LogP contribution in [0.4, 0.5) is 11.6 Å². The van der Waals surface area contributed by atoms with Crippen LogP contribution >= 0.6 is 0 Å². The second-order valence-electron chi connectivity index (χ2n) is 5.86. The minimum Gasteiger partial charge on any atom is -0.370 e. The Morgan fingerprint density at radius 2 is 2.35 bits per heavy atom. The van der Waals surface area contributed by atoms with Crippen molar-refractivity contribution in [2.24, 2.45) is 5.92 Å². The van der Waals surface area contributed by atoms with Crippen LogP contribution in [-0.2, 0) is 4.79 Å². The molecule has 2 aromatic heterocycles. The van der Waals surface area contributed by atoms with Gasteiger partial charge in [-0.05, 0) is 37.9 Å². The van der Waals surface area contributed by atoms with Gasteiger partial charge in [0.15, 0.2) is 5.82 Å². The van der Waals surface area contributed by atoms with Crippen LogP contribution in [-0.4, -0.2) is 47.1 Å². The van der Waals surface area contributed by atoms with E-state index in [1.807, 2.05) is 18.2 Å². The number of hydrogen-bond acceptors (Lipinski definition) is 6. The Balaban J connectivity index is 1.40. The van der Waals surface area contributed by atoms with Gasteiger partial charge in [0.1, 0.15) is 11.6 Å². The molecule has 3 heterocycles. The Labute approximate surface area is 135 Å². The third-order valence-electron chi connectivity index (χ3n) is 3.87. The van der Waals surface area contributed by atoms with Gasteiger partial charge in [0.2, 0.25) is 5.91 Å². The molecule has 0 aliphatic carbocycles. The Bertz CT molecular complexity index is 643. The maximum absolute atomic E-state index is 12.0. The lowest BCUT2D eigenvalue weighted by Crippen LogP contribution is -2.32. The lowest BCUT2D eigenvalue weighted by Gasteiger charge is -2.15. The quantitative estimate of drug-likeness (QED) is 0.845. The number of nitrogens with zero attached hydrogens (tertiary/aromatic N) is 3. The molecular weight excluding hydrogens is 294 g/mol. The molecule has 1 amide bonds. The summed E-state index contributed by atoms with van der Waals surface area (Å²) in [6, 6.07) is 7.53. The zero-order chi connectivity index (χ0) is 16.1. The van der Waals surface area contributed by atoms with E-state index in [9.17, 15) is 4.79 Å². The third kappa shape index (κ3) is 4.53. The SMILES string of the molecule is Cc1cc(NC(=O)CN2CC[C@@H](CNc3ccccn3)C2)no1. The number of hydrogen-bond donors (Lipinski definition) is 2. The van der Waals surface area contributed by atoms with Crippen LogP contribution in [0.25, 0.3) is 0 Å². The lowest BCUT2D eigenvalue weighted by molar-refractivity contribution is -0.117. The van der Waals surface area contributed by atoms with E-state index in [-0.39, 0.29) is 5.91 Å². The van der Waals surface area contributed by atoms with Crippen LogP contribution in [0.2, 0.25) is 0 Å². The van der Waals surface area contributed by atoms with Gasteiger partial charge in [0, 0.05) is 25.4 Å². The summed E-state index contributed by atoms with van der Waals surface area (Å²) in [6.07, 6.45) is 2.86. The summed E-state index contributed by atoms with van der Waals surface area (Å²) in [5.41, 5.74) is 0. The van der Waals surface area contributed by atoms with Gasteiger partial charge in [-0.25, -0.2) is 4.98 Å². The summed E-state index contributed by atoms with van der Waals surface area (Å²) in [5.74, 6) is 2.52. The van der Waals surface area contributed by atoms with Crippen molar-refractivity contribution in [2.75, 3.05) is 36.8 Å². The molecule has 0 aromatic carbocycles. The van der Waals surface area contributed by atoms with Crippen molar-refractivity contribution in [3.05, 3.63) is 36.2 Å². The topological polar surface area (TPSA) is 83.3 Å². The molecule has 0 radical (unpaired) electrons. The molecule has 1 aliphatic rings. The molecule has 1 aliphatic heterocycles. The molecule has 3 rings (SSSR count). The summed E-state index contributed by atoms with van der Waals surface area (Å²) in [4.78, 5) is 18.4. The van der Waals surface area contributed by atoms with Crippen LogP contribution in [0, 0.1) is 12.8 Å². The molecule has 23 heavy (non-hydrogen) atoms. The molecule has 1 fully saturated rings. The van der Waals surface area contributed by atoms with Gasteiger partial charge in [-0.3, -0.25) is 9.69 Å². The normalized spacial score (nSPS) is 18.0. The highest BCUT2D eigenvalue weighted by Crippen LogP contribution is 2.17. The van der Waals surface area contributed by atoms with E-state index < -0.39 is 0 Å². The van der Waals surface area contributed by atoms with Gasteiger partial charge >= 0.3 is 0 Å². The molecule has 7 nitrogen and oxygen atoms in total. The molecule has 2 aromatic rings. The number of likely N-dealkylation sites (tertiary alicyclic amines) is 1. The van der Waals surface area contributed by atoms with Crippen molar-refractivity contribution in [2.45, 2.75) is 13.3 Å². The summed E-state index contributed by atoms with van der Waals surface area (Å²) in [7, 11) is 0. The summed E-state index contributed by atoms with van der Waals surface area (Å²) in [6.45, 7) is 4.89. The Morgan fingerprint density at radius 3 is 3.09 bits per heavy atom. The van der Waals surface area contributed by atoms with Crippen LogP contribution in [0.1, 0.15) is 12.2 Å². The predicted octanol–water partition coefficient (Wildman–Crippen LogP) is 1.75. The minimum atomic E-state index is -0.0587. The lowest BCUT2D eigenvalue weighted by atomic mass is 10.1. The fourth-order valence-electron chi connectivity index (χ4n) is 2.75. The van der Waals surface area contributed by atoms with Crippen LogP contribution in [0.15, 0.2) is 35.0 Å². The van der Waals surface area contributed by atoms with Crippen LogP contribution in [0.3, 0.4) is 0 Å². The summed E-state index contributed by atoms with van der Waals surface area (Å²) in [5, 5.41) is 9.86. The monoisotopic (exact) mass is 315 g/mol. The average molecular weight is 315 g/mol. The molecule has 2 N–H and O–H groups in total. The Kier molecular flexibility index (Phi) is 4.87. The van der Waals surface area contributed by atoms with Crippen molar-refractivity contribution in [1.82, 2.24) is 15.0 Å². The molecule has 0 bridgehead atoms. The van der Waals surface area contributed by atoms with E-state index in [0.29, 0.717) is 24.0 Å². The van der Waals surface area contributed by atoms with E-state index >= 15 is 0 Å². The number of aryl methyl sites for hydroxylation is 1. The molecule has 122 valence electrons. The average Bonchev–Trinajstić information content (AvgIpc) is 3.15. The smallest absolute Gasteiger partial charge is 0.239 e. The van der Waals surface area contributed by atoms with E-state index in [1.54, 1.807) is 19.2 Å². The number of nitrogens with one attached hydrogen (secondary N) is 2. The van der Waals surface area contributed by atoms with Gasteiger partial charge in [0.25, 0.3) is 0 Å². The zero-order valence-electron chi connectivity index (χ0n) is 13.2. The zero-order valence-corrected chi connectivity index (χ0v) is 13.2. The largest absolute Gasteiger partial charge is 0.370 e. The van der Waals surface area contributed by atoms with E-state index in [2.05, 4.69) is 25.7 Å². The number of carbonyl (C=O) groups is 1. The maximum Gasteiger partial charge on any atom is 0.239 e. The van der Waals surface area contributed by atoms with Crippen molar-refractivity contribution in [1.29, 1.82) is 0 Å². The molecule has 0 spiro atoms. The number of rotatable bonds is 6. The fraction of sp³-hybridized carbons (Fsp3) is 0.438. The molecule has 1 saturated heterocycles. The minimum absolute atomic E-state index is 0.0587. The first-order valence-corrected chi connectivity index (χ1v) is 7.79. The number of carbonyl (C=O) groups excluding carboxylic acids is 1. The maximum atomic E-state index is 12.0. The highest BCUT2D eigenvalue weighted by molar-refractivity contribution is 5.91. The molecule has 7 heteroatoms. The molecular formula is C16H21N5O2. The highest BCUT2D eigenvalue weighted by atomic mass is 16.5. The van der Waals surface area contributed by atoms with Crippen LogP contribution in [0.5, 0.6) is 0 Å². The Hall–Kier alpha value is -2.41. The first-order valence-electron chi connectivity index (χ1n) is 7.79. The molecule has 0 saturated carbocycles. The predicted molar refractivity (Wildman–Crippen MR) is 87.1 cm³/mol. The Morgan fingerprint density at radius 1 is 1.43 bits per heavy atom. The first-order chi connectivity index (χ1) is 11.2. The van der Waals surface area contributed by atoms with Gasteiger partial charge in [0.05, 0.1) is 6.54 Å².